The second kappa shape index (κ2) is 12.0. The predicted molar refractivity (Wildman–Crippen MR) is 129 cm³/mol. The molecule has 188 valence electrons. The molecular formula is C24H31N5O5S. The van der Waals surface area contributed by atoms with Crippen LogP contribution in [0.4, 0.5) is 0 Å². The van der Waals surface area contributed by atoms with E-state index in [0.717, 1.165) is 5.69 Å². The molecule has 2 atom stereocenters. The van der Waals surface area contributed by atoms with Crippen LogP contribution in [0.1, 0.15) is 44.6 Å². The van der Waals surface area contributed by atoms with Crippen molar-refractivity contribution in [1.82, 2.24) is 25.3 Å². The third-order valence-electron chi connectivity index (χ3n) is 5.55. The Labute approximate surface area is 205 Å². The number of amides is 2. The first-order valence-corrected chi connectivity index (χ1v) is 13.1. The summed E-state index contributed by atoms with van der Waals surface area (Å²) in [5.74, 6) is -1.60. The number of rotatable bonds is 7. The predicted octanol–water partition coefficient (Wildman–Crippen LogP) is 0.919. The fourth-order valence-corrected chi connectivity index (χ4v) is 5.02. The van der Waals surface area contributed by atoms with Gasteiger partial charge >= 0.3 is 0 Å². The van der Waals surface area contributed by atoms with Gasteiger partial charge in [-0.2, -0.15) is 4.72 Å². The number of fused-ring (bicyclic) bond motifs is 2. The SMILES string of the molecule is CC(C)CC(NS(=O)(=O)c1ccccc1)C(=O)NC1CCCc2nccc(n2)CCNC(=O)C1=O. The van der Waals surface area contributed by atoms with Gasteiger partial charge in [-0.15, -0.1) is 0 Å². The molecule has 35 heavy (non-hydrogen) atoms. The highest BCUT2D eigenvalue weighted by molar-refractivity contribution is 7.89. The van der Waals surface area contributed by atoms with Gasteiger partial charge in [-0.25, -0.2) is 18.4 Å². The minimum Gasteiger partial charge on any atom is -0.349 e. The minimum atomic E-state index is -3.97. The van der Waals surface area contributed by atoms with E-state index in [1.54, 1.807) is 30.5 Å². The Hall–Kier alpha value is -3.18. The molecular weight excluding hydrogens is 470 g/mol. The average Bonchev–Trinajstić information content (AvgIpc) is 2.82. The number of hydrogen-bond donors (Lipinski definition) is 3. The van der Waals surface area contributed by atoms with Crippen LogP contribution in [-0.4, -0.2) is 54.6 Å². The zero-order valence-electron chi connectivity index (χ0n) is 19.9. The standard InChI is InChI=1S/C24H31N5O5S/c1-16(2)15-20(29-35(33,34)18-7-4-3-5-8-18)23(31)28-19-9-6-10-21-25-13-11-17(27-21)12-14-26-24(32)22(19)30/h3-5,7-8,11,13,16,19-20,29H,6,9-10,12,14-15H2,1-2H3,(H,26,32)(H,28,31). The summed E-state index contributed by atoms with van der Waals surface area (Å²) in [6, 6.07) is 7.30. The van der Waals surface area contributed by atoms with E-state index < -0.39 is 39.7 Å². The number of aromatic nitrogens is 2. The molecule has 2 unspecified atom stereocenters. The van der Waals surface area contributed by atoms with Crippen LogP contribution in [0, 0.1) is 5.92 Å². The normalized spacial score (nSPS) is 18.2. The Morgan fingerprint density at radius 3 is 2.60 bits per heavy atom. The first-order chi connectivity index (χ1) is 16.7. The monoisotopic (exact) mass is 501 g/mol. The second-order valence-corrected chi connectivity index (χ2v) is 10.6. The third-order valence-corrected chi connectivity index (χ3v) is 7.04. The van der Waals surface area contributed by atoms with Crippen LogP contribution in [0.3, 0.4) is 0 Å². The number of benzene rings is 1. The van der Waals surface area contributed by atoms with Crippen LogP contribution in [0.2, 0.25) is 0 Å². The van der Waals surface area contributed by atoms with Crippen molar-refractivity contribution >= 4 is 27.6 Å². The molecule has 1 aliphatic heterocycles. The number of aryl methyl sites for hydroxylation is 1. The maximum atomic E-state index is 13.2. The highest BCUT2D eigenvalue weighted by Gasteiger charge is 2.32. The number of nitrogens with one attached hydrogen (secondary N) is 3. The van der Waals surface area contributed by atoms with Gasteiger partial charge in [-0.3, -0.25) is 14.4 Å². The molecule has 1 aromatic carbocycles. The Bertz CT molecular complexity index is 1150. The highest BCUT2D eigenvalue weighted by atomic mass is 32.2. The molecule has 2 heterocycles. The molecule has 10 nitrogen and oxygen atoms in total. The van der Waals surface area contributed by atoms with Gasteiger partial charge in [0.15, 0.2) is 0 Å². The molecule has 0 radical (unpaired) electrons. The van der Waals surface area contributed by atoms with Gasteiger partial charge in [-0.1, -0.05) is 32.0 Å². The summed E-state index contributed by atoms with van der Waals surface area (Å²) >= 11 is 0. The van der Waals surface area contributed by atoms with E-state index >= 15 is 0 Å². The zero-order chi connectivity index (χ0) is 25.4. The van der Waals surface area contributed by atoms with Crippen LogP contribution in [0.5, 0.6) is 0 Å². The smallest absolute Gasteiger partial charge is 0.289 e. The summed E-state index contributed by atoms with van der Waals surface area (Å²) in [7, 11) is -3.97. The lowest BCUT2D eigenvalue weighted by Gasteiger charge is -2.24. The molecule has 3 rings (SSSR count). The Balaban J connectivity index is 1.77. The second-order valence-electron chi connectivity index (χ2n) is 8.90. The molecule has 2 aromatic rings. The fraction of sp³-hybridized carbons (Fsp3) is 0.458. The first-order valence-electron chi connectivity index (χ1n) is 11.7. The molecule has 0 spiro atoms. The van der Waals surface area contributed by atoms with E-state index in [9.17, 15) is 22.8 Å². The van der Waals surface area contributed by atoms with Gasteiger partial charge in [-0.05, 0) is 43.4 Å². The van der Waals surface area contributed by atoms with Crippen molar-refractivity contribution in [1.29, 1.82) is 0 Å². The number of sulfonamides is 1. The van der Waals surface area contributed by atoms with Gasteiger partial charge in [0.25, 0.3) is 5.91 Å². The molecule has 0 saturated carbocycles. The maximum absolute atomic E-state index is 13.2. The quantitative estimate of drug-likeness (QED) is 0.478. The zero-order valence-corrected chi connectivity index (χ0v) is 20.7. The van der Waals surface area contributed by atoms with Crippen molar-refractivity contribution in [2.45, 2.75) is 62.9 Å². The molecule has 0 saturated heterocycles. The molecule has 1 aliphatic rings. The molecule has 0 aliphatic carbocycles. The third kappa shape index (κ3) is 7.66. The summed E-state index contributed by atoms with van der Waals surface area (Å²) in [4.78, 5) is 47.2. The molecule has 3 N–H and O–H groups in total. The van der Waals surface area contributed by atoms with E-state index in [1.807, 2.05) is 13.8 Å². The van der Waals surface area contributed by atoms with Crippen LogP contribution >= 0.6 is 0 Å². The molecule has 2 bridgehead atoms. The van der Waals surface area contributed by atoms with Crippen molar-refractivity contribution in [2.75, 3.05) is 6.54 Å². The number of Topliss-reactive ketones (excluding diaryl/α,β-unsaturated/α-hetero) is 1. The van der Waals surface area contributed by atoms with Crippen LogP contribution in [-0.2, 0) is 37.2 Å². The summed E-state index contributed by atoms with van der Waals surface area (Å²) in [6.45, 7) is 3.94. The lowest BCUT2D eigenvalue weighted by molar-refractivity contribution is -0.140. The summed E-state index contributed by atoms with van der Waals surface area (Å²) in [6.07, 6.45) is 3.44. The van der Waals surface area contributed by atoms with E-state index in [-0.39, 0.29) is 30.2 Å². The molecule has 11 heteroatoms. The molecule has 2 amide bonds. The molecule has 1 aromatic heterocycles. The largest absolute Gasteiger partial charge is 0.349 e. The number of ketones is 1. The molecule has 0 fully saturated rings. The van der Waals surface area contributed by atoms with Crippen molar-refractivity contribution in [3.8, 4) is 0 Å². The summed E-state index contributed by atoms with van der Waals surface area (Å²) in [5, 5.41) is 5.19. The lowest BCUT2D eigenvalue weighted by atomic mass is 10.0. The van der Waals surface area contributed by atoms with Gasteiger partial charge in [0.1, 0.15) is 11.9 Å². The Morgan fingerprint density at radius 1 is 1.14 bits per heavy atom. The first kappa shape index (κ1) is 26.4. The van der Waals surface area contributed by atoms with Gasteiger partial charge in [0, 0.05) is 31.3 Å². The number of carbonyl (C=O) groups is 3. The van der Waals surface area contributed by atoms with Crippen LogP contribution in [0.15, 0.2) is 47.5 Å². The fourth-order valence-electron chi connectivity index (χ4n) is 3.79. The van der Waals surface area contributed by atoms with Crippen molar-refractivity contribution in [3.63, 3.8) is 0 Å². The minimum absolute atomic E-state index is 0.0102. The van der Waals surface area contributed by atoms with Gasteiger partial charge < -0.3 is 10.6 Å². The van der Waals surface area contributed by atoms with E-state index in [1.165, 1.54) is 12.1 Å². The van der Waals surface area contributed by atoms with Crippen LogP contribution in [0.25, 0.3) is 0 Å². The number of carbonyl (C=O) groups excluding carboxylic acids is 3. The lowest BCUT2D eigenvalue weighted by Crippen LogP contribution is -2.54. The van der Waals surface area contributed by atoms with Crippen molar-refractivity contribution in [3.05, 3.63) is 54.1 Å². The Morgan fingerprint density at radius 2 is 1.89 bits per heavy atom. The Kier molecular flexibility index (Phi) is 9.05. The summed E-state index contributed by atoms with van der Waals surface area (Å²) < 4.78 is 28.1. The maximum Gasteiger partial charge on any atom is 0.289 e. The topological polar surface area (TPSA) is 147 Å². The number of hydrogen-bond acceptors (Lipinski definition) is 7. The number of nitrogens with zero attached hydrogens (tertiary/aromatic N) is 2. The van der Waals surface area contributed by atoms with E-state index in [2.05, 4.69) is 25.3 Å². The van der Waals surface area contributed by atoms with Crippen molar-refractivity contribution < 1.29 is 22.8 Å². The van der Waals surface area contributed by atoms with Crippen LogP contribution < -0.4 is 15.4 Å². The van der Waals surface area contributed by atoms with E-state index in [0.29, 0.717) is 25.1 Å². The van der Waals surface area contributed by atoms with Gasteiger partial charge in [0.05, 0.1) is 10.9 Å². The van der Waals surface area contributed by atoms with Gasteiger partial charge in [0.2, 0.25) is 21.7 Å². The average molecular weight is 502 g/mol. The van der Waals surface area contributed by atoms with E-state index in [4.69, 9.17) is 0 Å². The van der Waals surface area contributed by atoms with Crippen molar-refractivity contribution in [2.24, 2.45) is 5.92 Å². The summed E-state index contributed by atoms with van der Waals surface area (Å²) in [5.41, 5.74) is 0.774. The highest BCUT2D eigenvalue weighted by Crippen LogP contribution is 2.13.